The Hall–Kier alpha value is -1.06. The SMILES string of the molecule is CCCCCCC(=N/O)/C(CCCCCC)=N/O. The van der Waals surface area contributed by atoms with Crippen LogP contribution in [-0.2, 0) is 0 Å². The van der Waals surface area contributed by atoms with Crippen molar-refractivity contribution in [3.8, 4) is 0 Å². The molecule has 0 radical (unpaired) electrons. The summed E-state index contributed by atoms with van der Waals surface area (Å²) < 4.78 is 0. The molecule has 18 heavy (non-hydrogen) atoms. The lowest BCUT2D eigenvalue weighted by molar-refractivity contribution is 0.312. The van der Waals surface area contributed by atoms with Crippen LogP contribution < -0.4 is 0 Å². The van der Waals surface area contributed by atoms with E-state index in [0.717, 1.165) is 25.7 Å². The van der Waals surface area contributed by atoms with Crippen molar-refractivity contribution < 1.29 is 10.4 Å². The van der Waals surface area contributed by atoms with E-state index in [2.05, 4.69) is 24.2 Å². The third kappa shape index (κ3) is 8.09. The van der Waals surface area contributed by atoms with Gasteiger partial charge >= 0.3 is 0 Å². The van der Waals surface area contributed by atoms with Gasteiger partial charge in [0.15, 0.2) is 0 Å². The number of unbranched alkanes of at least 4 members (excludes halogenated alkanes) is 6. The van der Waals surface area contributed by atoms with Crippen LogP contribution in [0.5, 0.6) is 0 Å². The molecular formula is C14H28N2O2. The lowest BCUT2D eigenvalue weighted by Gasteiger charge is -2.06. The van der Waals surface area contributed by atoms with Gasteiger partial charge < -0.3 is 10.4 Å². The van der Waals surface area contributed by atoms with E-state index in [1.165, 1.54) is 25.7 Å². The van der Waals surface area contributed by atoms with Gasteiger partial charge in [0.05, 0.1) is 0 Å². The smallest absolute Gasteiger partial charge is 0.104 e. The molecule has 0 aromatic rings. The highest BCUT2D eigenvalue weighted by molar-refractivity contribution is 6.42. The van der Waals surface area contributed by atoms with Gasteiger partial charge in [-0.3, -0.25) is 0 Å². The van der Waals surface area contributed by atoms with E-state index in [0.29, 0.717) is 24.3 Å². The summed E-state index contributed by atoms with van der Waals surface area (Å²) in [4.78, 5) is 0. The summed E-state index contributed by atoms with van der Waals surface area (Å²) in [5, 5.41) is 24.5. The van der Waals surface area contributed by atoms with E-state index in [1.807, 2.05) is 0 Å². The van der Waals surface area contributed by atoms with Crippen LogP contribution in [-0.4, -0.2) is 21.8 Å². The minimum absolute atomic E-state index is 0.546. The number of rotatable bonds is 11. The van der Waals surface area contributed by atoms with Gasteiger partial charge in [-0.1, -0.05) is 62.7 Å². The maximum atomic E-state index is 8.98. The number of oxime groups is 2. The Kier molecular flexibility index (Phi) is 11.7. The van der Waals surface area contributed by atoms with E-state index in [9.17, 15) is 0 Å². The summed E-state index contributed by atoms with van der Waals surface area (Å²) in [6.45, 7) is 4.32. The first kappa shape index (κ1) is 16.9. The Bertz CT molecular complexity index is 224. The Morgan fingerprint density at radius 2 is 1.06 bits per heavy atom. The zero-order chi connectivity index (χ0) is 13.6. The third-order valence-electron chi connectivity index (χ3n) is 3.11. The summed E-state index contributed by atoms with van der Waals surface area (Å²) in [6.07, 6.45) is 10.4. The Morgan fingerprint density at radius 3 is 1.33 bits per heavy atom. The van der Waals surface area contributed by atoms with Gasteiger partial charge in [-0.15, -0.1) is 0 Å². The van der Waals surface area contributed by atoms with Crippen LogP contribution in [0.15, 0.2) is 10.3 Å². The molecule has 0 atom stereocenters. The number of hydrogen-bond acceptors (Lipinski definition) is 4. The lowest BCUT2D eigenvalue weighted by atomic mass is 10.0. The molecule has 0 aromatic carbocycles. The minimum Gasteiger partial charge on any atom is -0.411 e. The summed E-state index contributed by atoms with van der Waals surface area (Å²) in [5.41, 5.74) is 1.09. The van der Waals surface area contributed by atoms with E-state index < -0.39 is 0 Å². The predicted octanol–water partition coefficient (Wildman–Crippen LogP) is 4.59. The van der Waals surface area contributed by atoms with Crippen LogP contribution in [0.1, 0.15) is 78.1 Å². The largest absolute Gasteiger partial charge is 0.411 e. The van der Waals surface area contributed by atoms with Crippen LogP contribution in [0, 0.1) is 0 Å². The molecule has 0 heterocycles. The second-order valence-corrected chi connectivity index (χ2v) is 4.71. The Labute approximate surface area is 111 Å². The molecule has 0 spiro atoms. The quantitative estimate of drug-likeness (QED) is 0.246. The summed E-state index contributed by atoms with van der Waals surface area (Å²) in [5.74, 6) is 0. The van der Waals surface area contributed by atoms with Gasteiger partial charge in [0.2, 0.25) is 0 Å². The molecule has 0 bridgehead atoms. The van der Waals surface area contributed by atoms with Crippen LogP contribution in [0.2, 0.25) is 0 Å². The molecule has 0 amide bonds. The third-order valence-corrected chi connectivity index (χ3v) is 3.11. The van der Waals surface area contributed by atoms with Crippen molar-refractivity contribution in [2.75, 3.05) is 0 Å². The second-order valence-electron chi connectivity index (χ2n) is 4.71. The molecule has 4 heteroatoms. The van der Waals surface area contributed by atoms with Crippen molar-refractivity contribution >= 4 is 11.4 Å². The molecular weight excluding hydrogens is 228 g/mol. The first-order valence-electron chi connectivity index (χ1n) is 7.22. The molecule has 0 aliphatic carbocycles. The fourth-order valence-corrected chi connectivity index (χ4v) is 1.94. The van der Waals surface area contributed by atoms with E-state index in [4.69, 9.17) is 10.4 Å². The van der Waals surface area contributed by atoms with E-state index in [1.54, 1.807) is 0 Å². The van der Waals surface area contributed by atoms with Gasteiger partial charge in [0.25, 0.3) is 0 Å². The lowest BCUT2D eigenvalue weighted by Crippen LogP contribution is -2.14. The molecule has 0 saturated carbocycles. The molecule has 0 unspecified atom stereocenters. The molecule has 0 aromatic heterocycles. The van der Waals surface area contributed by atoms with Crippen LogP contribution in [0.4, 0.5) is 0 Å². The Balaban J connectivity index is 4.00. The van der Waals surface area contributed by atoms with Gasteiger partial charge in [-0.2, -0.15) is 0 Å². The molecule has 2 N–H and O–H groups in total. The maximum absolute atomic E-state index is 8.98. The zero-order valence-electron chi connectivity index (χ0n) is 11.9. The van der Waals surface area contributed by atoms with Crippen molar-refractivity contribution in [3.63, 3.8) is 0 Å². The highest BCUT2D eigenvalue weighted by atomic mass is 16.4. The van der Waals surface area contributed by atoms with Crippen molar-refractivity contribution in [2.45, 2.75) is 78.1 Å². The first-order valence-corrected chi connectivity index (χ1v) is 7.22. The van der Waals surface area contributed by atoms with Crippen molar-refractivity contribution in [1.29, 1.82) is 0 Å². The first-order chi connectivity index (χ1) is 8.79. The van der Waals surface area contributed by atoms with Gasteiger partial charge in [-0.25, -0.2) is 0 Å². The monoisotopic (exact) mass is 256 g/mol. The van der Waals surface area contributed by atoms with Crippen LogP contribution in [0.25, 0.3) is 0 Å². The minimum atomic E-state index is 0.546. The molecule has 0 aliphatic heterocycles. The summed E-state index contributed by atoms with van der Waals surface area (Å²) in [6, 6.07) is 0. The molecule has 4 nitrogen and oxygen atoms in total. The topological polar surface area (TPSA) is 65.2 Å². The zero-order valence-corrected chi connectivity index (χ0v) is 11.9. The maximum Gasteiger partial charge on any atom is 0.104 e. The molecule has 0 saturated heterocycles. The van der Waals surface area contributed by atoms with Crippen LogP contribution >= 0.6 is 0 Å². The number of hydrogen-bond donors (Lipinski definition) is 2. The molecule has 0 rings (SSSR count). The fourth-order valence-electron chi connectivity index (χ4n) is 1.94. The van der Waals surface area contributed by atoms with Crippen molar-refractivity contribution in [1.82, 2.24) is 0 Å². The van der Waals surface area contributed by atoms with Gasteiger partial charge in [0.1, 0.15) is 11.4 Å². The molecule has 0 fully saturated rings. The average molecular weight is 256 g/mol. The summed E-state index contributed by atoms with van der Waals surface area (Å²) in [7, 11) is 0. The van der Waals surface area contributed by atoms with Crippen molar-refractivity contribution in [3.05, 3.63) is 0 Å². The number of nitrogens with zero attached hydrogens (tertiary/aromatic N) is 2. The standard InChI is InChI=1S/C14H28N2O2/c1-3-5-7-9-11-13(15-17)14(16-18)12-10-8-6-4-2/h17-18H,3-12H2,1-2H3/b15-13-,16-14+. The molecule has 0 aliphatic rings. The second kappa shape index (κ2) is 12.4. The van der Waals surface area contributed by atoms with Crippen molar-refractivity contribution in [2.24, 2.45) is 10.3 Å². The fraction of sp³-hybridized carbons (Fsp3) is 0.857. The normalized spacial score (nSPS) is 13.0. The highest BCUT2D eigenvalue weighted by Gasteiger charge is 2.10. The predicted molar refractivity (Wildman–Crippen MR) is 76.0 cm³/mol. The van der Waals surface area contributed by atoms with E-state index >= 15 is 0 Å². The van der Waals surface area contributed by atoms with Gasteiger partial charge in [0, 0.05) is 0 Å². The highest BCUT2D eigenvalue weighted by Crippen LogP contribution is 2.09. The van der Waals surface area contributed by atoms with Gasteiger partial charge in [-0.05, 0) is 25.7 Å². The van der Waals surface area contributed by atoms with E-state index in [-0.39, 0.29) is 0 Å². The van der Waals surface area contributed by atoms with Crippen LogP contribution in [0.3, 0.4) is 0 Å². The Morgan fingerprint density at radius 1 is 0.667 bits per heavy atom. The molecule has 106 valence electrons. The average Bonchev–Trinajstić information content (AvgIpc) is 2.40. The summed E-state index contributed by atoms with van der Waals surface area (Å²) >= 11 is 0.